The van der Waals surface area contributed by atoms with Gasteiger partial charge in [0.2, 0.25) is 11.9 Å². The average molecular weight is 381 g/mol. The van der Waals surface area contributed by atoms with E-state index >= 15 is 0 Å². The number of amides is 1. The van der Waals surface area contributed by atoms with E-state index in [1.54, 1.807) is 6.92 Å². The fourth-order valence-electron chi connectivity index (χ4n) is 3.06. The SMILES string of the molecule is CCC(=O)Nc1nc(F)c(CN2CCCC(Cc3ncc(F)cn3)C2)s1. The number of thiazole rings is 1. The van der Waals surface area contributed by atoms with Crippen molar-refractivity contribution in [3.05, 3.63) is 34.9 Å². The first-order chi connectivity index (χ1) is 12.5. The molecule has 3 rings (SSSR count). The van der Waals surface area contributed by atoms with Crippen molar-refractivity contribution >= 4 is 22.4 Å². The molecule has 2 aromatic rings. The van der Waals surface area contributed by atoms with Crippen LogP contribution in [0.3, 0.4) is 0 Å². The molecule has 1 fully saturated rings. The summed E-state index contributed by atoms with van der Waals surface area (Å²) in [5, 5.41) is 2.90. The Morgan fingerprint density at radius 1 is 1.38 bits per heavy atom. The summed E-state index contributed by atoms with van der Waals surface area (Å²) in [5.41, 5.74) is 0. The number of hydrogen-bond acceptors (Lipinski definition) is 6. The van der Waals surface area contributed by atoms with Crippen LogP contribution in [0.5, 0.6) is 0 Å². The van der Waals surface area contributed by atoms with Crippen molar-refractivity contribution in [3.63, 3.8) is 0 Å². The third-order valence-corrected chi connectivity index (χ3v) is 5.26. The van der Waals surface area contributed by atoms with Gasteiger partial charge in [0.1, 0.15) is 5.82 Å². The largest absolute Gasteiger partial charge is 0.302 e. The zero-order valence-electron chi connectivity index (χ0n) is 14.5. The molecule has 0 spiro atoms. The Morgan fingerprint density at radius 2 is 2.15 bits per heavy atom. The Balaban J connectivity index is 1.58. The number of hydrogen-bond donors (Lipinski definition) is 1. The Labute approximate surface area is 154 Å². The lowest BCUT2D eigenvalue weighted by Gasteiger charge is -2.32. The molecule has 0 aromatic carbocycles. The van der Waals surface area contributed by atoms with Gasteiger partial charge in [-0.05, 0) is 25.3 Å². The predicted molar refractivity (Wildman–Crippen MR) is 94.7 cm³/mol. The summed E-state index contributed by atoms with van der Waals surface area (Å²) in [6.45, 7) is 3.88. The maximum Gasteiger partial charge on any atom is 0.230 e. The summed E-state index contributed by atoms with van der Waals surface area (Å²) in [5.74, 6) is -0.157. The second-order valence-corrected chi connectivity index (χ2v) is 7.48. The fraction of sp³-hybridized carbons (Fsp3) is 0.529. The van der Waals surface area contributed by atoms with Crippen molar-refractivity contribution in [3.8, 4) is 0 Å². The van der Waals surface area contributed by atoms with E-state index in [1.165, 1.54) is 23.7 Å². The summed E-state index contributed by atoms with van der Waals surface area (Å²) in [6.07, 6.45) is 5.42. The van der Waals surface area contributed by atoms with Gasteiger partial charge in [0.25, 0.3) is 0 Å². The maximum absolute atomic E-state index is 14.1. The van der Waals surface area contributed by atoms with Crippen LogP contribution in [0.25, 0.3) is 0 Å². The molecule has 1 unspecified atom stereocenters. The normalized spacial score (nSPS) is 18.0. The summed E-state index contributed by atoms with van der Waals surface area (Å²) in [4.78, 5) is 26.0. The minimum atomic E-state index is -0.523. The van der Waals surface area contributed by atoms with Gasteiger partial charge in [0.05, 0.1) is 17.3 Å². The molecule has 1 aliphatic rings. The van der Waals surface area contributed by atoms with Crippen LogP contribution in [0, 0.1) is 17.7 Å². The maximum atomic E-state index is 14.1. The zero-order valence-corrected chi connectivity index (χ0v) is 15.4. The van der Waals surface area contributed by atoms with Gasteiger partial charge in [-0.3, -0.25) is 9.69 Å². The van der Waals surface area contributed by atoms with Crippen LogP contribution in [-0.2, 0) is 17.8 Å². The number of anilines is 1. The van der Waals surface area contributed by atoms with Gasteiger partial charge >= 0.3 is 0 Å². The molecule has 0 bridgehead atoms. The van der Waals surface area contributed by atoms with Crippen LogP contribution in [0.4, 0.5) is 13.9 Å². The molecule has 6 nitrogen and oxygen atoms in total. The van der Waals surface area contributed by atoms with E-state index in [9.17, 15) is 13.6 Å². The van der Waals surface area contributed by atoms with Crippen molar-refractivity contribution in [2.75, 3.05) is 18.4 Å². The number of rotatable bonds is 6. The second kappa shape index (κ2) is 8.59. The Hall–Kier alpha value is -2.00. The molecule has 0 radical (unpaired) electrons. The van der Waals surface area contributed by atoms with E-state index in [-0.39, 0.29) is 5.91 Å². The molecular weight excluding hydrogens is 360 g/mol. The van der Waals surface area contributed by atoms with Crippen LogP contribution < -0.4 is 5.32 Å². The third-order valence-electron chi connectivity index (χ3n) is 4.33. The van der Waals surface area contributed by atoms with Gasteiger partial charge in [-0.2, -0.15) is 9.37 Å². The molecule has 0 saturated carbocycles. The van der Waals surface area contributed by atoms with Gasteiger partial charge in [-0.15, -0.1) is 0 Å². The van der Waals surface area contributed by atoms with Crippen LogP contribution in [0.1, 0.15) is 36.9 Å². The first-order valence-corrected chi connectivity index (χ1v) is 9.49. The summed E-state index contributed by atoms with van der Waals surface area (Å²) < 4.78 is 27.0. The van der Waals surface area contributed by atoms with E-state index in [0.29, 0.717) is 41.1 Å². The van der Waals surface area contributed by atoms with E-state index in [1.807, 2.05) is 0 Å². The van der Waals surface area contributed by atoms with Crippen molar-refractivity contribution in [1.82, 2.24) is 19.9 Å². The smallest absolute Gasteiger partial charge is 0.230 e. The van der Waals surface area contributed by atoms with Crippen molar-refractivity contribution in [2.24, 2.45) is 5.92 Å². The van der Waals surface area contributed by atoms with Crippen molar-refractivity contribution in [2.45, 2.75) is 39.2 Å². The van der Waals surface area contributed by atoms with Crippen LogP contribution in [0.2, 0.25) is 0 Å². The lowest BCUT2D eigenvalue weighted by molar-refractivity contribution is -0.115. The molecular formula is C17H21F2N5OS. The number of aromatic nitrogens is 3. The van der Waals surface area contributed by atoms with Crippen LogP contribution in [0.15, 0.2) is 12.4 Å². The topological polar surface area (TPSA) is 71.0 Å². The first-order valence-electron chi connectivity index (χ1n) is 8.67. The highest BCUT2D eigenvalue weighted by molar-refractivity contribution is 7.15. The zero-order chi connectivity index (χ0) is 18.5. The number of nitrogens with zero attached hydrogens (tertiary/aromatic N) is 4. The quantitative estimate of drug-likeness (QED) is 0.833. The standard InChI is InChI=1S/C17H21F2N5OS/c1-2-15(25)22-17-23-16(19)13(26-17)10-24-5-3-4-11(9-24)6-14-20-7-12(18)8-21-14/h7-8,11H,2-6,9-10H2,1H3,(H,22,23,25). The highest BCUT2D eigenvalue weighted by Crippen LogP contribution is 2.26. The highest BCUT2D eigenvalue weighted by Gasteiger charge is 2.23. The van der Waals surface area contributed by atoms with Crippen molar-refractivity contribution in [1.29, 1.82) is 0 Å². The Kier molecular flexibility index (Phi) is 6.20. The minimum absolute atomic E-state index is 0.178. The minimum Gasteiger partial charge on any atom is -0.302 e. The van der Waals surface area contributed by atoms with Gasteiger partial charge in [-0.25, -0.2) is 14.4 Å². The number of carbonyl (C=O) groups is 1. The highest BCUT2D eigenvalue weighted by atomic mass is 32.1. The third kappa shape index (κ3) is 5.01. The lowest BCUT2D eigenvalue weighted by Crippen LogP contribution is -2.36. The summed E-state index contributed by atoms with van der Waals surface area (Å²) in [6, 6.07) is 0. The van der Waals surface area contributed by atoms with E-state index in [2.05, 4.69) is 25.2 Å². The molecule has 0 aliphatic carbocycles. The number of nitrogens with one attached hydrogen (secondary N) is 1. The molecule has 9 heteroatoms. The molecule has 1 N–H and O–H groups in total. The number of likely N-dealkylation sites (tertiary alicyclic amines) is 1. The van der Waals surface area contributed by atoms with Crippen LogP contribution >= 0.6 is 11.3 Å². The van der Waals surface area contributed by atoms with E-state index in [0.717, 1.165) is 25.9 Å². The van der Waals surface area contributed by atoms with Crippen molar-refractivity contribution < 1.29 is 13.6 Å². The Morgan fingerprint density at radius 3 is 2.88 bits per heavy atom. The molecule has 26 heavy (non-hydrogen) atoms. The number of piperidine rings is 1. The molecule has 1 saturated heterocycles. The van der Waals surface area contributed by atoms with E-state index < -0.39 is 11.8 Å². The van der Waals surface area contributed by atoms with Gasteiger partial charge in [-0.1, -0.05) is 18.3 Å². The Bertz CT molecular complexity index is 752. The molecule has 1 aliphatic heterocycles. The summed E-state index contributed by atoms with van der Waals surface area (Å²) in [7, 11) is 0. The van der Waals surface area contributed by atoms with Gasteiger partial charge in [0.15, 0.2) is 10.9 Å². The first kappa shape index (κ1) is 18.8. The summed E-state index contributed by atoms with van der Waals surface area (Å²) >= 11 is 1.18. The molecule has 1 amide bonds. The predicted octanol–water partition coefficient (Wildman–Crippen LogP) is 3.01. The van der Waals surface area contributed by atoms with E-state index in [4.69, 9.17) is 0 Å². The van der Waals surface area contributed by atoms with Crippen LogP contribution in [-0.4, -0.2) is 38.8 Å². The molecule has 3 heterocycles. The fourth-order valence-corrected chi connectivity index (χ4v) is 3.96. The lowest BCUT2D eigenvalue weighted by atomic mass is 9.94. The monoisotopic (exact) mass is 381 g/mol. The molecule has 140 valence electrons. The molecule has 2 aromatic heterocycles. The molecule has 1 atom stereocenters. The number of carbonyl (C=O) groups excluding carboxylic acids is 1. The second-order valence-electron chi connectivity index (χ2n) is 6.40. The van der Waals surface area contributed by atoms with Gasteiger partial charge in [0, 0.05) is 25.9 Å². The average Bonchev–Trinajstić information content (AvgIpc) is 2.96. The van der Waals surface area contributed by atoms with Gasteiger partial charge < -0.3 is 5.32 Å². The number of halogens is 2.